The van der Waals surface area contributed by atoms with Crippen molar-refractivity contribution in [1.29, 1.82) is 0 Å². The molecule has 0 saturated heterocycles. The van der Waals surface area contributed by atoms with Gasteiger partial charge in [0.25, 0.3) is 5.56 Å². The number of hydrogen-bond acceptors (Lipinski definition) is 4. The molecule has 8 heteroatoms. The van der Waals surface area contributed by atoms with E-state index >= 15 is 0 Å². The summed E-state index contributed by atoms with van der Waals surface area (Å²) in [7, 11) is 0. The lowest BCUT2D eigenvalue weighted by atomic mass is 10.4. The molecule has 0 unspecified atom stereocenters. The quantitative estimate of drug-likeness (QED) is 0.830. The van der Waals surface area contributed by atoms with E-state index in [9.17, 15) is 14.0 Å². The largest absolute Gasteiger partial charge is 0.328 e. The highest BCUT2D eigenvalue weighted by Gasteiger charge is 2.05. The van der Waals surface area contributed by atoms with Crippen LogP contribution < -0.4 is 11.2 Å². The molecule has 88 valence electrons. The highest BCUT2D eigenvalue weighted by atomic mass is 35.5. The molecule has 0 aliphatic heterocycles. The smallest absolute Gasteiger partial charge is 0.292 e. The van der Waals surface area contributed by atoms with Gasteiger partial charge in [-0.15, -0.1) is 0 Å². The first-order chi connectivity index (χ1) is 8.06. The first-order valence-electron chi connectivity index (χ1n) is 4.52. The number of rotatable bonds is 2. The van der Waals surface area contributed by atoms with E-state index in [1.807, 2.05) is 4.98 Å². The summed E-state index contributed by atoms with van der Waals surface area (Å²) in [4.78, 5) is 31.6. The molecule has 0 spiro atoms. The third kappa shape index (κ3) is 2.56. The Morgan fingerprint density at radius 3 is 2.76 bits per heavy atom. The van der Waals surface area contributed by atoms with Gasteiger partial charge < -0.3 is 0 Å². The van der Waals surface area contributed by atoms with Crippen molar-refractivity contribution in [2.75, 3.05) is 0 Å². The summed E-state index contributed by atoms with van der Waals surface area (Å²) in [6.07, 6.45) is 3.49. The summed E-state index contributed by atoms with van der Waals surface area (Å²) in [6.45, 7) is -0.00327. The number of H-pyrrole nitrogens is 1. The zero-order valence-corrected chi connectivity index (χ0v) is 9.11. The van der Waals surface area contributed by atoms with E-state index < -0.39 is 17.1 Å². The van der Waals surface area contributed by atoms with Gasteiger partial charge in [-0.1, -0.05) is 11.6 Å². The van der Waals surface area contributed by atoms with E-state index in [-0.39, 0.29) is 11.7 Å². The first-order valence-corrected chi connectivity index (χ1v) is 4.90. The van der Waals surface area contributed by atoms with Crippen LogP contribution in [0.4, 0.5) is 4.39 Å². The van der Waals surface area contributed by atoms with E-state index in [0.717, 1.165) is 10.8 Å². The third-order valence-electron chi connectivity index (χ3n) is 1.97. The van der Waals surface area contributed by atoms with E-state index in [2.05, 4.69) is 9.97 Å². The van der Waals surface area contributed by atoms with Crippen molar-refractivity contribution < 1.29 is 4.39 Å². The van der Waals surface area contributed by atoms with Crippen molar-refractivity contribution in [2.24, 2.45) is 0 Å². The van der Waals surface area contributed by atoms with Gasteiger partial charge in [-0.25, -0.2) is 9.78 Å². The van der Waals surface area contributed by atoms with Crippen LogP contribution in [0.25, 0.3) is 0 Å². The molecule has 0 amide bonds. The number of hydrogen-bond donors (Lipinski definition) is 1. The van der Waals surface area contributed by atoms with E-state index in [4.69, 9.17) is 11.6 Å². The highest BCUT2D eigenvalue weighted by Crippen LogP contribution is 2.02. The summed E-state index contributed by atoms with van der Waals surface area (Å²) in [5.74, 6) is -1.04. The molecule has 0 saturated carbocycles. The predicted octanol–water partition coefficient (Wildman–Crippen LogP) is 0.167. The van der Waals surface area contributed by atoms with Crippen molar-refractivity contribution in [3.05, 3.63) is 56.1 Å². The number of nitrogens with zero attached hydrogens (tertiary/aromatic N) is 3. The summed E-state index contributed by atoms with van der Waals surface area (Å²) >= 11 is 5.54. The number of nitrogens with one attached hydrogen (secondary N) is 1. The maximum absolute atomic E-state index is 13.0. The van der Waals surface area contributed by atoms with Crippen LogP contribution in [-0.2, 0) is 6.54 Å². The first kappa shape index (κ1) is 11.5. The minimum Gasteiger partial charge on any atom is -0.292 e. The molecule has 0 radical (unpaired) electrons. The Bertz CT molecular complexity index is 649. The minimum absolute atomic E-state index is 0.00327. The topological polar surface area (TPSA) is 80.6 Å². The standard InChI is InChI=1S/C9H6ClFN4O2/c10-7-2-12-5(1-13-7)3-15-4-6(11)8(16)14-9(15)17/h1-2,4H,3H2,(H,14,16,17). The molecule has 2 aromatic heterocycles. The number of halogens is 2. The van der Waals surface area contributed by atoms with Crippen molar-refractivity contribution in [1.82, 2.24) is 19.5 Å². The van der Waals surface area contributed by atoms with E-state index in [1.54, 1.807) is 0 Å². The van der Waals surface area contributed by atoms with Gasteiger partial charge in [0, 0.05) is 0 Å². The fourth-order valence-corrected chi connectivity index (χ4v) is 1.29. The third-order valence-corrected chi connectivity index (χ3v) is 2.17. The fraction of sp³-hybridized carbons (Fsp3) is 0.111. The Labute approximate surface area is 98.7 Å². The molecule has 0 aliphatic carbocycles. The van der Waals surface area contributed by atoms with Crippen LogP contribution in [0.2, 0.25) is 5.15 Å². The van der Waals surface area contributed by atoms with E-state index in [1.165, 1.54) is 12.4 Å². The number of aromatic amines is 1. The zero-order valence-electron chi connectivity index (χ0n) is 8.35. The average molecular weight is 257 g/mol. The van der Waals surface area contributed by atoms with Crippen LogP contribution in [0.3, 0.4) is 0 Å². The predicted molar refractivity (Wildman–Crippen MR) is 57.4 cm³/mol. The van der Waals surface area contributed by atoms with Crippen LogP contribution in [0.15, 0.2) is 28.2 Å². The summed E-state index contributed by atoms with van der Waals surface area (Å²) in [6, 6.07) is 0. The van der Waals surface area contributed by atoms with Gasteiger partial charge in [0.2, 0.25) is 5.82 Å². The molecule has 1 N–H and O–H groups in total. The Kier molecular flexibility index (Phi) is 3.01. The summed E-state index contributed by atoms with van der Waals surface area (Å²) in [5.41, 5.74) is -1.34. The maximum atomic E-state index is 13.0. The molecule has 6 nitrogen and oxygen atoms in total. The van der Waals surface area contributed by atoms with Crippen molar-refractivity contribution in [3.8, 4) is 0 Å². The van der Waals surface area contributed by atoms with Gasteiger partial charge in [0.1, 0.15) is 5.15 Å². The molecule has 0 aromatic carbocycles. The molecule has 0 atom stereocenters. The second kappa shape index (κ2) is 4.46. The van der Waals surface area contributed by atoms with Crippen molar-refractivity contribution in [2.45, 2.75) is 6.54 Å². The van der Waals surface area contributed by atoms with Crippen LogP contribution >= 0.6 is 11.6 Å². The highest BCUT2D eigenvalue weighted by molar-refractivity contribution is 6.29. The van der Waals surface area contributed by atoms with Crippen LogP contribution in [0.1, 0.15) is 5.69 Å². The number of aromatic nitrogens is 4. The fourth-order valence-electron chi connectivity index (χ4n) is 1.20. The zero-order chi connectivity index (χ0) is 12.4. The minimum atomic E-state index is -1.05. The molecular formula is C9H6ClFN4O2. The lowest BCUT2D eigenvalue weighted by molar-refractivity contribution is 0.563. The monoisotopic (exact) mass is 256 g/mol. The molecule has 0 aliphatic rings. The van der Waals surface area contributed by atoms with Gasteiger partial charge in [-0.2, -0.15) is 4.39 Å². The molecule has 0 bridgehead atoms. The molecule has 0 fully saturated rings. The molecular weight excluding hydrogens is 251 g/mol. The van der Waals surface area contributed by atoms with Crippen LogP contribution in [0.5, 0.6) is 0 Å². The SMILES string of the molecule is O=c1[nH]c(=O)n(Cc2cnc(Cl)cn2)cc1F. The Balaban J connectivity index is 2.36. The van der Waals surface area contributed by atoms with Gasteiger partial charge in [-0.3, -0.25) is 19.3 Å². The molecule has 2 rings (SSSR count). The van der Waals surface area contributed by atoms with Gasteiger partial charge in [0.05, 0.1) is 30.8 Å². The lowest BCUT2D eigenvalue weighted by Gasteiger charge is -2.03. The average Bonchev–Trinajstić information content (AvgIpc) is 2.29. The normalized spacial score (nSPS) is 10.5. The van der Waals surface area contributed by atoms with E-state index in [0.29, 0.717) is 5.69 Å². The Morgan fingerprint density at radius 1 is 1.35 bits per heavy atom. The van der Waals surface area contributed by atoms with Crippen LogP contribution in [0, 0.1) is 5.82 Å². The van der Waals surface area contributed by atoms with Gasteiger partial charge in [0.15, 0.2) is 0 Å². The summed E-state index contributed by atoms with van der Waals surface area (Å²) in [5, 5.41) is 0.216. The van der Waals surface area contributed by atoms with Gasteiger partial charge in [-0.05, 0) is 0 Å². The van der Waals surface area contributed by atoms with Crippen molar-refractivity contribution >= 4 is 11.6 Å². The van der Waals surface area contributed by atoms with Crippen molar-refractivity contribution in [3.63, 3.8) is 0 Å². The van der Waals surface area contributed by atoms with Crippen LogP contribution in [-0.4, -0.2) is 19.5 Å². The second-order valence-electron chi connectivity index (χ2n) is 3.19. The molecule has 2 aromatic rings. The Morgan fingerprint density at radius 2 is 2.12 bits per heavy atom. The lowest BCUT2D eigenvalue weighted by Crippen LogP contribution is -2.31. The molecule has 2 heterocycles. The molecule has 17 heavy (non-hydrogen) atoms. The summed E-state index contributed by atoms with van der Waals surface area (Å²) < 4.78 is 13.9. The Hall–Kier alpha value is -2.02. The second-order valence-corrected chi connectivity index (χ2v) is 3.58. The van der Waals surface area contributed by atoms with Gasteiger partial charge >= 0.3 is 5.69 Å². The maximum Gasteiger partial charge on any atom is 0.328 e.